The van der Waals surface area contributed by atoms with Gasteiger partial charge in [-0.1, -0.05) is 0 Å². The minimum atomic E-state index is 0.664. The Balaban J connectivity index is 1.96. The molecule has 0 aliphatic heterocycles. The molecule has 6 heteroatoms. The van der Waals surface area contributed by atoms with Gasteiger partial charge < -0.3 is 19.8 Å². The van der Waals surface area contributed by atoms with Crippen molar-refractivity contribution in [1.29, 1.82) is 0 Å². The fourth-order valence-corrected chi connectivity index (χ4v) is 2.02. The minimum absolute atomic E-state index is 0.664. The van der Waals surface area contributed by atoms with E-state index in [9.17, 15) is 0 Å². The highest BCUT2D eigenvalue weighted by Gasteiger charge is 2.08. The van der Waals surface area contributed by atoms with Crippen LogP contribution in [0.15, 0.2) is 36.8 Å². The SMILES string of the molecule is COc1ccc(Nc2ncnc3[nH]ccc23)cc1OC. The maximum absolute atomic E-state index is 5.28. The molecule has 3 rings (SSSR count). The summed E-state index contributed by atoms with van der Waals surface area (Å²) >= 11 is 0. The summed E-state index contributed by atoms with van der Waals surface area (Å²) in [5.74, 6) is 2.09. The van der Waals surface area contributed by atoms with E-state index in [0.29, 0.717) is 11.5 Å². The van der Waals surface area contributed by atoms with Gasteiger partial charge in [0.05, 0.1) is 19.6 Å². The van der Waals surface area contributed by atoms with Gasteiger partial charge in [-0.15, -0.1) is 0 Å². The number of benzene rings is 1. The number of H-pyrrole nitrogens is 1. The Morgan fingerprint density at radius 3 is 2.70 bits per heavy atom. The number of nitrogens with one attached hydrogen (secondary N) is 2. The Labute approximate surface area is 115 Å². The van der Waals surface area contributed by atoms with Crippen molar-refractivity contribution in [2.24, 2.45) is 0 Å². The quantitative estimate of drug-likeness (QED) is 0.762. The number of nitrogens with zero attached hydrogens (tertiary/aromatic N) is 2. The first kappa shape index (κ1) is 12.3. The summed E-state index contributed by atoms with van der Waals surface area (Å²) in [4.78, 5) is 11.5. The second kappa shape index (κ2) is 5.08. The Hall–Kier alpha value is -2.76. The summed E-state index contributed by atoms with van der Waals surface area (Å²) in [7, 11) is 3.22. The van der Waals surface area contributed by atoms with Crippen molar-refractivity contribution in [1.82, 2.24) is 15.0 Å². The van der Waals surface area contributed by atoms with E-state index in [2.05, 4.69) is 20.3 Å². The molecular weight excluding hydrogens is 256 g/mol. The van der Waals surface area contributed by atoms with Crippen LogP contribution in [0, 0.1) is 0 Å². The molecule has 2 aromatic heterocycles. The van der Waals surface area contributed by atoms with Crippen molar-refractivity contribution >= 4 is 22.5 Å². The largest absolute Gasteiger partial charge is 0.493 e. The van der Waals surface area contributed by atoms with E-state index in [-0.39, 0.29) is 0 Å². The number of fused-ring (bicyclic) bond motifs is 1. The number of aromatic nitrogens is 3. The van der Waals surface area contributed by atoms with Crippen molar-refractivity contribution in [2.75, 3.05) is 19.5 Å². The zero-order valence-electron chi connectivity index (χ0n) is 11.2. The highest BCUT2D eigenvalue weighted by Crippen LogP contribution is 2.31. The topological polar surface area (TPSA) is 72.1 Å². The van der Waals surface area contributed by atoms with Crippen LogP contribution in [-0.4, -0.2) is 29.2 Å². The van der Waals surface area contributed by atoms with Crippen LogP contribution in [0.4, 0.5) is 11.5 Å². The van der Waals surface area contributed by atoms with Gasteiger partial charge in [-0.25, -0.2) is 9.97 Å². The summed E-state index contributed by atoms with van der Waals surface area (Å²) in [6.45, 7) is 0. The van der Waals surface area contributed by atoms with Crippen LogP contribution in [0.25, 0.3) is 11.0 Å². The molecule has 1 aromatic carbocycles. The normalized spacial score (nSPS) is 10.5. The molecule has 0 saturated carbocycles. The van der Waals surface area contributed by atoms with Gasteiger partial charge in [-0.05, 0) is 18.2 Å². The number of rotatable bonds is 4. The fraction of sp³-hybridized carbons (Fsp3) is 0.143. The van der Waals surface area contributed by atoms with Crippen LogP contribution in [-0.2, 0) is 0 Å². The third-order valence-electron chi connectivity index (χ3n) is 3.00. The molecule has 20 heavy (non-hydrogen) atoms. The average Bonchev–Trinajstić information content (AvgIpc) is 2.96. The second-order valence-corrected chi connectivity index (χ2v) is 4.16. The van der Waals surface area contributed by atoms with Gasteiger partial charge in [-0.3, -0.25) is 0 Å². The van der Waals surface area contributed by atoms with Crippen LogP contribution >= 0.6 is 0 Å². The molecule has 3 aromatic rings. The van der Waals surface area contributed by atoms with E-state index in [1.54, 1.807) is 14.2 Å². The van der Waals surface area contributed by atoms with Gasteiger partial charge in [0.15, 0.2) is 11.5 Å². The van der Waals surface area contributed by atoms with Crippen LogP contribution in [0.5, 0.6) is 11.5 Å². The number of anilines is 2. The highest BCUT2D eigenvalue weighted by molar-refractivity contribution is 5.88. The molecule has 102 valence electrons. The molecule has 0 spiro atoms. The number of ether oxygens (including phenoxy) is 2. The zero-order valence-corrected chi connectivity index (χ0v) is 11.2. The molecular formula is C14H14N4O2. The molecule has 0 aliphatic rings. The standard InChI is InChI=1S/C14H14N4O2/c1-19-11-4-3-9(7-12(11)20-2)18-14-10-5-6-15-13(10)16-8-17-14/h3-8H,1-2H3,(H2,15,16,17,18). The maximum Gasteiger partial charge on any atom is 0.162 e. The first-order chi connectivity index (χ1) is 9.81. The number of aromatic amines is 1. The van der Waals surface area contributed by atoms with Crippen molar-refractivity contribution < 1.29 is 9.47 Å². The van der Waals surface area contributed by atoms with Crippen LogP contribution in [0.2, 0.25) is 0 Å². The third kappa shape index (κ3) is 2.11. The molecule has 0 bridgehead atoms. The predicted octanol–water partition coefficient (Wildman–Crippen LogP) is 2.72. The van der Waals surface area contributed by atoms with Crippen molar-refractivity contribution in [3.05, 3.63) is 36.8 Å². The summed E-state index contributed by atoms with van der Waals surface area (Å²) in [5, 5.41) is 4.19. The number of hydrogen-bond donors (Lipinski definition) is 2. The van der Waals surface area contributed by atoms with E-state index in [0.717, 1.165) is 22.5 Å². The van der Waals surface area contributed by atoms with Gasteiger partial charge >= 0.3 is 0 Å². The zero-order chi connectivity index (χ0) is 13.9. The third-order valence-corrected chi connectivity index (χ3v) is 3.00. The van der Waals surface area contributed by atoms with E-state index in [4.69, 9.17) is 9.47 Å². The first-order valence-corrected chi connectivity index (χ1v) is 6.09. The number of methoxy groups -OCH3 is 2. The van der Waals surface area contributed by atoms with E-state index in [1.807, 2.05) is 30.5 Å². The molecule has 2 N–H and O–H groups in total. The molecule has 6 nitrogen and oxygen atoms in total. The Morgan fingerprint density at radius 1 is 1.05 bits per heavy atom. The predicted molar refractivity (Wildman–Crippen MR) is 76.7 cm³/mol. The number of hydrogen-bond acceptors (Lipinski definition) is 5. The average molecular weight is 270 g/mol. The summed E-state index contributed by atoms with van der Waals surface area (Å²) in [5.41, 5.74) is 1.66. The van der Waals surface area contributed by atoms with Crippen molar-refractivity contribution in [2.45, 2.75) is 0 Å². The lowest BCUT2D eigenvalue weighted by molar-refractivity contribution is 0.355. The molecule has 0 saturated heterocycles. The lowest BCUT2D eigenvalue weighted by Crippen LogP contribution is -1.97. The summed E-state index contributed by atoms with van der Waals surface area (Å²) in [6.07, 6.45) is 3.35. The molecule has 0 amide bonds. The van der Waals surface area contributed by atoms with Crippen LogP contribution in [0.1, 0.15) is 0 Å². The Morgan fingerprint density at radius 2 is 1.90 bits per heavy atom. The van der Waals surface area contributed by atoms with Gasteiger partial charge in [0.2, 0.25) is 0 Å². The summed E-state index contributed by atoms with van der Waals surface area (Å²) < 4.78 is 10.5. The van der Waals surface area contributed by atoms with Gasteiger partial charge in [-0.2, -0.15) is 0 Å². The Bertz CT molecular complexity index is 739. The molecule has 0 fully saturated rings. The first-order valence-electron chi connectivity index (χ1n) is 6.09. The fourth-order valence-electron chi connectivity index (χ4n) is 2.02. The molecule has 0 unspecified atom stereocenters. The molecule has 2 heterocycles. The molecule has 0 radical (unpaired) electrons. The van der Waals surface area contributed by atoms with Crippen LogP contribution < -0.4 is 14.8 Å². The van der Waals surface area contributed by atoms with Crippen molar-refractivity contribution in [3.8, 4) is 11.5 Å². The second-order valence-electron chi connectivity index (χ2n) is 4.16. The van der Waals surface area contributed by atoms with E-state index < -0.39 is 0 Å². The minimum Gasteiger partial charge on any atom is -0.493 e. The van der Waals surface area contributed by atoms with Crippen molar-refractivity contribution in [3.63, 3.8) is 0 Å². The smallest absolute Gasteiger partial charge is 0.162 e. The lowest BCUT2D eigenvalue weighted by Gasteiger charge is -2.11. The molecule has 0 atom stereocenters. The Kier molecular flexibility index (Phi) is 3.12. The van der Waals surface area contributed by atoms with Gasteiger partial charge in [0, 0.05) is 18.0 Å². The van der Waals surface area contributed by atoms with Gasteiger partial charge in [0.25, 0.3) is 0 Å². The summed E-state index contributed by atoms with van der Waals surface area (Å²) in [6, 6.07) is 7.54. The van der Waals surface area contributed by atoms with Crippen LogP contribution in [0.3, 0.4) is 0 Å². The van der Waals surface area contributed by atoms with Gasteiger partial charge in [0.1, 0.15) is 17.8 Å². The van der Waals surface area contributed by atoms with E-state index >= 15 is 0 Å². The highest BCUT2D eigenvalue weighted by atomic mass is 16.5. The van der Waals surface area contributed by atoms with E-state index in [1.165, 1.54) is 6.33 Å². The molecule has 0 aliphatic carbocycles. The lowest BCUT2D eigenvalue weighted by atomic mass is 10.2. The monoisotopic (exact) mass is 270 g/mol. The maximum atomic E-state index is 5.28.